The molecule has 2 amide bonds. The molecule has 144 valence electrons. The summed E-state index contributed by atoms with van der Waals surface area (Å²) in [6, 6.07) is 6.41. The second kappa shape index (κ2) is 7.10. The van der Waals surface area contributed by atoms with Crippen LogP contribution in [0, 0.1) is 6.92 Å². The predicted octanol–water partition coefficient (Wildman–Crippen LogP) is 1.15. The lowest BCUT2D eigenvalue weighted by Crippen LogP contribution is -2.37. The summed E-state index contributed by atoms with van der Waals surface area (Å²) < 4.78 is 2.25. The molecule has 2 N–H and O–H groups in total. The van der Waals surface area contributed by atoms with Crippen molar-refractivity contribution in [3.8, 4) is 0 Å². The van der Waals surface area contributed by atoms with Crippen LogP contribution in [0.15, 0.2) is 40.1 Å². The minimum absolute atomic E-state index is 0.213. The normalized spacial score (nSPS) is 10.7. The zero-order valence-electron chi connectivity index (χ0n) is 15.9. The van der Waals surface area contributed by atoms with Gasteiger partial charge in [-0.25, -0.2) is 9.78 Å². The third kappa shape index (κ3) is 3.41. The average molecular weight is 381 g/mol. The fraction of sp³-hybridized carbons (Fsp3) is 0.211. The first-order chi connectivity index (χ1) is 13.2. The first kappa shape index (κ1) is 19.0. The molecule has 0 atom stereocenters. The second-order valence-electron chi connectivity index (χ2n) is 6.47. The Balaban J connectivity index is 1.97. The lowest BCUT2D eigenvalue weighted by molar-refractivity contribution is -0.114. The molecular formula is C19H19N5O4. The molecule has 0 radical (unpaired) electrons. The Kier molecular flexibility index (Phi) is 4.83. The molecule has 3 rings (SSSR count). The van der Waals surface area contributed by atoms with Gasteiger partial charge in [0.15, 0.2) is 0 Å². The van der Waals surface area contributed by atoms with Crippen LogP contribution in [-0.2, 0) is 18.9 Å². The molecule has 1 aromatic carbocycles. The van der Waals surface area contributed by atoms with E-state index in [9.17, 15) is 19.2 Å². The first-order valence-electron chi connectivity index (χ1n) is 8.44. The smallest absolute Gasteiger partial charge is 0.326 e. The maximum Gasteiger partial charge on any atom is 0.332 e. The number of benzene rings is 1. The van der Waals surface area contributed by atoms with E-state index in [1.807, 2.05) is 6.92 Å². The number of carbonyl (C=O) groups excluding carboxylic acids is 2. The Morgan fingerprint density at radius 2 is 1.75 bits per heavy atom. The topological polar surface area (TPSA) is 115 Å². The number of fused-ring (bicyclic) bond motifs is 1. The summed E-state index contributed by atoms with van der Waals surface area (Å²) >= 11 is 0. The van der Waals surface area contributed by atoms with Crippen molar-refractivity contribution in [1.82, 2.24) is 14.1 Å². The van der Waals surface area contributed by atoms with Gasteiger partial charge in [0.1, 0.15) is 5.65 Å². The summed E-state index contributed by atoms with van der Waals surface area (Å²) in [4.78, 5) is 52.3. The summed E-state index contributed by atoms with van der Waals surface area (Å²) in [7, 11) is 2.90. The third-order valence-corrected chi connectivity index (χ3v) is 4.36. The Hall–Kier alpha value is -3.75. The summed E-state index contributed by atoms with van der Waals surface area (Å²) in [5, 5.41) is 5.57. The van der Waals surface area contributed by atoms with Gasteiger partial charge in [-0.15, -0.1) is 0 Å². The predicted molar refractivity (Wildman–Crippen MR) is 106 cm³/mol. The highest BCUT2D eigenvalue weighted by Gasteiger charge is 2.13. The van der Waals surface area contributed by atoms with Crippen molar-refractivity contribution in [3.63, 3.8) is 0 Å². The lowest BCUT2D eigenvalue weighted by atomic mass is 10.1. The zero-order chi connectivity index (χ0) is 20.6. The second-order valence-corrected chi connectivity index (χ2v) is 6.47. The fourth-order valence-corrected chi connectivity index (χ4v) is 2.82. The highest BCUT2D eigenvalue weighted by molar-refractivity contribution is 6.06. The van der Waals surface area contributed by atoms with Crippen LogP contribution in [0.25, 0.3) is 11.0 Å². The number of carbonyl (C=O) groups is 2. The molecule has 3 aromatic rings. The quantitative estimate of drug-likeness (QED) is 0.706. The number of pyridine rings is 1. The maximum atomic E-state index is 12.6. The molecule has 0 fully saturated rings. The van der Waals surface area contributed by atoms with Gasteiger partial charge in [-0.3, -0.25) is 23.5 Å². The molecule has 9 heteroatoms. The molecule has 2 heterocycles. The van der Waals surface area contributed by atoms with Crippen molar-refractivity contribution >= 4 is 34.2 Å². The van der Waals surface area contributed by atoms with Gasteiger partial charge >= 0.3 is 5.69 Å². The van der Waals surface area contributed by atoms with E-state index >= 15 is 0 Å². The number of amides is 2. The van der Waals surface area contributed by atoms with E-state index in [1.165, 1.54) is 37.8 Å². The van der Waals surface area contributed by atoms with Crippen LogP contribution in [0.1, 0.15) is 22.8 Å². The van der Waals surface area contributed by atoms with E-state index in [4.69, 9.17) is 0 Å². The van der Waals surface area contributed by atoms with Crippen molar-refractivity contribution in [2.45, 2.75) is 13.8 Å². The van der Waals surface area contributed by atoms with Crippen molar-refractivity contribution in [3.05, 3.63) is 62.4 Å². The highest BCUT2D eigenvalue weighted by atomic mass is 16.2. The van der Waals surface area contributed by atoms with Crippen LogP contribution in [-0.4, -0.2) is 25.9 Å². The number of nitrogens with zero attached hydrogens (tertiary/aromatic N) is 3. The average Bonchev–Trinajstić information content (AvgIpc) is 2.66. The van der Waals surface area contributed by atoms with E-state index in [0.29, 0.717) is 16.9 Å². The van der Waals surface area contributed by atoms with Crippen molar-refractivity contribution in [1.29, 1.82) is 0 Å². The molecule has 0 aliphatic carbocycles. The number of anilines is 2. The number of aryl methyl sites for hydroxylation is 2. The van der Waals surface area contributed by atoms with Crippen LogP contribution in [0.2, 0.25) is 0 Å². The van der Waals surface area contributed by atoms with Gasteiger partial charge in [-0.1, -0.05) is 6.07 Å². The molecule has 0 bridgehead atoms. The van der Waals surface area contributed by atoms with Crippen LogP contribution < -0.4 is 21.9 Å². The van der Waals surface area contributed by atoms with Crippen molar-refractivity contribution in [2.75, 3.05) is 10.6 Å². The standard InChI is InChI=1S/C19H19N5O4/c1-10-5-6-12(7-15(10)21-11(2)25)17(26)22-13-8-14-16(20-9-13)23(3)19(28)24(4)18(14)27/h5-9H,1-4H3,(H,21,25)(H,22,26). The first-order valence-corrected chi connectivity index (χ1v) is 8.44. The Labute approximate surface area is 159 Å². The van der Waals surface area contributed by atoms with E-state index in [0.717, 1.165) is 10.1 Å². The number of aromatic nitrogens is 3. The van der Waals surface area contributed by atoms with Crippen LogP contribution in [0.5, 0.6) is 0 Å². The summed E-state index contributed by atoms with van der Waals surface area (Å²) in [5.74, 6) is -0.657. The van der Waals surface area contributed by atoms with Crippen molar-refractivity contribution in [2.24, 2.45) is 14.1 Å². The Morgan fingerprint density at radius 1 is 1.04 bits per heavy atom. The molecule has 28 heavy (non-hydrogen) atoms. The molecule has 0 spiro atoms. The van der Waals surface area contributed by atoms with E-state index in [2.05, 4.69) is 15.6 Å². The largest absolute Gasteiger partial charge is 0.332 e. The van der Waals surface area contributed by atoms with Gasteiger partial charge in [0, 0.05) is 32.3 Å². The number of rotatable bonds is 3. The molecule has 2 aromatic heterocycles. The molecule has 0 aliphatic rings. The van der Waals surface area contributed by atoms with E-state index in [-0.39, 0.29) is 16.9 Å². The zero-order valence-corrected chi connectivity index (χ0v) is 15.9. The number of hydrogen-bond acceptors (Lipinski definition) is 5. The van der Waals surface area contributed by atoms with Crippen molar-refractivity contribution < 1.29 is 9.59 Å². The molecule has 0 saturated carbocycles. The number of nitrogens with one attached hydrogen (secondary N) is 2. The fourth-order valence-electron chi connectivity index (χ4n) is 2.82. The Bertz CT molecular complexity index is 1240. The maximum absolute atomic E-state index is 12.6. The summed E-state index contributed by atoms with van der Waals surface area (Å²) in [6.45, 7) is 3.21. The summed E-state index contributed by atoms with van der Waals surface area (Å²) in [6.07, 6.45) is 1.38. The summed E-state index contributed by atoms with van der Waals surface area (Å²) in [5.41, 5.74) is 1.27. The molecule has 0 aliphatic heterocycles. The lowest BCUT2D eigenvalue weighted by Gasteiger charge is -2.11. The minimum Gasteiger partial charge on any atom is -0.326 e. The van der Waals surface area contributed by atoms with Gasteiger partial charge in [-0.05, 0) is 30.7 Å². The minimum atomic E-state index is -0.495. The van der Waals surface area contributed by atoms with Gasteiger partial charge in [0.05, 0.1) is 17.3 Å². The molecular weight excluding hydrogens is 362 g/mol. The van der Waals surface area contributed by atoms with Gasteiger partial charge in [0.2, 0.25) is 5.91 Å². The highest BCUT2D eigenvalue weighted by Crippen LogP contribution is 2.19. The molecule has 0 unspecified atom stereocenters. The molecule has 9 nitrogen and oxygen atoms in total. The molecule has 0 saturated heterocycles. The van der Waals surface area contributed by atoms with Gasteiger partial charge in [0.25, 0.3) is 11.5 Å². The van der Waals surface area contributed by atoms with Gasteiger partial charge < -0.3 is 10.6 Å². The third-order valence-electron chi connectivity index (χ3n) is 4.36. The van der Waals surface area contributed by atoms with Gasteiger partial charge in [-0.2, -0.15) is 0 Å². The van der Waals surface area contributed by atoms with Crippen LogP contribution >= 0.6 is 0 Å². The van der Waals surface area contributed by atoms with Crippen LogP contribution in [0.3, 0.4) is 0 Å². The Morgan fingerprint density at radius 3 is 2.43 bits per heavy atom. The van der Waals surface area contributed by atoms with E-state index < -0.39 is 17.2 Å². The van der Waals surface area contributed by atoms with Crippen LogP contribution in [0.4, 0.5) is 11.4 Å². The van der Waals surface area contributed by atoms with E-state index in [1.54, 1.807) is 18.2 Å². The number of hydrogen-bond donors (Lipinski definition) is 2. The monoisotopic (exact) mass is 381 g/mol. The SMILES string of the molecule is CC(=O)Nc1cc(C(=O)Nc2cnc3c(c2)c(=O)n(C)c(=O)n3C)ccc1C.